The van der Waals surface area contributed by atoms with Crippen LogP contribution in [-0.2, 0) is 9.59 Å². The number of likely N-dealkylation sites (tertiary alicyclic amines) is 1. The van der Waals surface area contributed by atoms with E-state index in [0.29, 0.717) is 18.7 Å². The van der Waals surface area contributed by atoms with E-state index in [-0.39, 0.29) is 17.7 Å². The molecule has 0 aromatic heterocycles. The Morgan fingerprint density at radius 2 is 1.91 bits per heavy atom. The van der Waals surface area contributed by atoms with Crippen LogP contribution in [0.1, 0.15) is 25.7 Å². The van der Waals surface area contributed by atoms with Crippen LogP contribution < -0.4 is 9.64 Å². The van der Waals surface area contributed by atoms with Gasteiger partial charge in [-0.3, -0.25) is 9.59 Å². The van der Waals surface area contributed by atoms with Crippen molar-refractivity contribution in [2.75, 3.05) is 31.6 Å². The van der Waals surface area contributed by atoms with Gasteiger partial charge < -0.3 is 14.5 Å². The van der Waals surface area contributed by atoms with Crippen molar-refractivity contribution in [1.29, 1.82) is 0 Å². The van der Waals surface area contributed by atoms with Crippen LogP contribution in [0, 0.1) is 5.92 Å². The van der Waals surface area contributed by atoms with Crippen LogP contribution >= 0.6 is 0 Å². The molecule has 1 aromatic carbocycles. The summed E-state index contributed by atoms with van der Waals surface area (Å²) in [6, 6.07) is 7.46. The zero-order chi connectivity index (χ0) is 15.5. The van der Waals surface area contributed by atoms with Gasteiger partial charge in [-0.1, -0.05) is 12.1 Å². The maximum absolute atomic E-state index is 12.6. The normalized spacial score (nSPS) is 22.0. The highest BCUT2D eigenvalue weighted by molar-refractivity contribution is 6.01. The summed E-state index contributed by atoms with van der Waals surface area (Å²) in [5, 5.41) is 0. The second kappa shape index (κ2) is 6.38. The topological polar surface area (TPSA) is 49.9 Å². The van der Waals surface area contributed by atoms with Crippen molar-refractivity contribution in [3.05, 3.63) is 24.3 Å². The van der Waals surface area contributed by atoms with Gasteiger partial charge in [-0.25, -0.2) is 0 Å². The van der Waals surface area contributed by atoms with Crippen molar-refractivity contribution < 1.29 is 14.3 Å². The molecule has 0 N–H and O–H groups in total. The summed E-state index contributed by atoms with van der Waals surface area (Å²) in [5.74, 6) is 0.572. The lowest BCUT2D eigenvalue weighted by atomic mass is 10.0. The maximum atomic E-state index is 12.6. The Morgan fingerprint density at radius 1 is 1.18 bits per heavy atom. The largest absolute Gasteiger partial charge is 0.495 e. The molecule has 22 heavy (non-hydrogen) atoms. The molecule has 2 amide bonds. The molecular formula is C17H22N2O3. The maximum Gasteiger partial charge on any atom is 0.228 e. The molecule has 1 unspecified atom stereocenters. The number of ether oxygens (including phenoxy) is 1. The summed E-state index contributed by atoms with van der Waals surface area (Å²) in [6.45, 7) is 2.12. The third-order valence-corrected chi connectivity index (χ3v) is 4.52. The minimum atomic E-state index is -0.226. The van der Waals surface area contributed by atoms with Crippen molar-refractivity contribution in [3.63, 3.8) is 0 Å². The highest BCUT2D eigenvalue weighted by atomic mass is 16.5. The first kappa shape index (κ1) is 14.9. The zero-order valence-electron chi connectivity index (χ0n) is 13.0. The molecule has 2 heterocycles. The van der Waals surface area contributed by atoms with E-state index in [1.807, 2.05) is 29.2 Å². The highest BCUT2D eigenvalue weighted by Gasteiger charge is 2.38. The third-order valence-electron chi connectivity index (χ3n) is 4.52. The predicted molar refractivity (Wildman–Crippen MR) is 83.9 cm³/mol. The van der Waals surface area contributed by atoms with E-state index in [2.05, 4.69) is 0 Å². The molecule has 0 spiro atoms. The number of para-hydroxylation sites is 2. The van der Waals surface area contributed by atoms with Crippen molar-refractivity contribution in [3.8, 4) is 5.75 Å². The Balaban J connectivity index is 1.74. The number of carbonyl (C=O) groups excluding carboxylic acids is 2. The van der Waals surface area contributed by atoms with Crippen LogP contribution in [0.2, 0.25) is 0 Å². The number of hydrogen-bond acceptors (Lipinski definition) is 3. The van der Waals surface area contributed by atoms with Gasteiger partial charge in [0, 0.05) is 26.1 Å². The molecule has 1 atom stereocenters. The van der Waals surface area contributed by atoms with E-state index in [0.717, 1.165) is 31.6 Å². The van der Waals surface area contributed by atoms with E-state index in [9.17, 15) is 9.59 Å². The minimum absolute atomic E-state index is 0.000130. The number of piperidine rings is 1. The molecule has 2 fully saturated rings. The zero-order valence-corrected chi connectivity index (χ0v) is 13.0. The van der Waals surface area contributed by atoms with Crippen molar-refractivity contribution >= 4 is 17.5 Å². The smallest absolute Gasteiger partial charge is 0.228 e. The number of benzene rings is 1. The monoisotopic (exact) mass is 302 g/mol. The van der Waals surface area contributed by atoms with Crippen molar-refractivity contribution in [2.24, 2.45) is 5.92 Å². The summed E-state index contributed by atoms with van der Waals surface area (Å²) in [6.07, 6.45) is 3.64. The Labute approximate surface area is 130 Å². The molecule has 0 bridgehead atoms. The standard InChI is InChI=1S/C17H22N2O3/c1-22-15-8-4-3-7-14(15)19-12-13(11-16(19)20)17(21)18-9-5-2-6-10-18/h3-4,7-8,13H,2,5-6,9-12H2,1H3. The fourth-order valence-corrected chi connectivity index (χ4v) is 3.33. The van der Waals surface area contributed by atoms with E-state index >= 15 is 0 Å². The lowest BCUT2D eigenvalue weighted by Gasteiger charge is -2.29. The molecular weight excluding hydrogens is 280 g/mol. The first-order valence-electron chi connectivity index (χ1n) is 7.93. The quantitative estimate of drug-likeness (QED) is 0.859. The Kier molecular flexibility index (Phi) is 4.32. The molecule has 0 saturated carbocycles. The number of hydrogen-bond donors (Lipinski definition) is 0. The van der Waals surface area contributed by atoms with Gasteiger partial charge in [0.1, 0.15) is 5.75 Å². The molecule has 2 aliphatic rings. The fraction of sp³-hybridized carbons (Fsp3) is 0.529. The predicted octanol–water partition coefficient (Wildman–Crippen LogP) is 2.06. The SMILES string of the molecule is COc1ccccc1N1CC(C(=O)N2CCCCC2)CC1=O. The highest BCUT2D eigenvalue weighted by Crippen LogP contribution is 2.33. The van der Waals surface area contributed by atoms with E-state index in [4.69, 9.17) is 4.74 Å². The summed E-state index contributed by atoms with van der Waals surface area (Å²) in [7, 11) is 1.59. The lowest BCUT2D eigenvalue weighted by molar-refractivity contribution is -0.136. The van der Waals surface area contributed by atoms with Gasteiger partial charge in [0.2, 0.25) is 11.8 Å². The average Bonchev–Trinajstić information content (AvgIpc) is 2.96. The first-order chi connectivity index (χ1) is 10.7. The van der Waals surface area contributed by atoms with Crippen LogP contribution in [0.25, 0.3) is 0 Å². The summed E-state index contributed by atoms with van der Waals surface area (Å²) < 4.78 is 5.33. The molecule has 3 rings (SSSR count). The third kappa shape index (κ3) is 2.80. The number of carbonyl (C=O) groups is 2. The van der Waals surface area contributed by atoms with Gasteiger partial charge in [-0.15, -0.1) is 0 Å². The van der Waals surface area contributed by atoms with Gasteiger partial charge in [0.05, 0.1) is 18.7 Å². The average molecular weight is 302 g/mol. The molecule has 5 nitrogen and oxygen atoms in total. The minimum Gasteiger partial charge on any atom is -0.495 e. The van der Waals surface area contributed by atoms with E-state index in [1.165, 1.54) is 6.42 Å². The Hall–Kier alpha value is -2.04. The van der Waals surface area contributed by atoms with Gasteiger partial charge in [0.25, 0.3) is 0 Å². The Bertz CT molecular complexity index is 567. The second-order valence-electron chi connectivity index (χ2n) is 5.96. The summed E-state index contributed by atoms with van der Waals surface area (Å²) in [4.78, 5) is 28.5. The number of methoxy groups -OCH3 is 1. The van der Waals surface area contributed by atoms with Gasteiger partial charge in [0.15, 0.2) is 0 Å². The molecule has 1 aromatic rings. The molecule has 118 valence electrons. The summed E-state index contributed by atoms with van der Waals surface area (Å²) >= 11 is 0. The molecule has 5 heteroatoms. The van der Waals surface area contributed by atoms with Crippen LogP contribution in [0.3, 0.4) is 0 Å². The van der Waals surface area contributed by atoms with Crippen LogP contribution in [0.5, 0.6) is 5.75 Å². The molecule has 0 radical (unpaired) electrons. The second-order valence-corrected chi connectivity index (χ2v) is 5.96. The Morgan fingerprint density at radius 3 is 2.64 bits per heavy atom. The molecule has 0 aliphatic carbocycles. The first-order valence-corrected chi connectivity index (χ1v) is 7.93. The fourth-order valence-electron chi connectivity index (χ4n) is 3.33. The number of rotatable bonds is 3. The van der Waals surface area contributed by atoms with Crippen LogP contribution in [0.15, 0.2) is 24.3 Å². The van der Waals surface area contributed by atoms with Gasteiger partial charge >= 0.3 is 0 Å². The van der Waals surface area contributed by atoms with Crippen LogP contribution in [0.4, 0.5) is 5.69 Å². The van der Waals surface area contributed by atoms with Crippen LogP contribution in [-0.4, -0.2) is 43.5 Å². The van der Waals surface area contributed by atoms with Crippen molar-refractivity contribution in [1.82, 2.24) is 4.90 Å². The van der Waals surface area contributed by atoms with Gasteiger partial charge in [-0.05, 0) is 31.4 Å². The van der Waals surface area contributed by atoms with E-state index in [1.54, 1.807) is 12.0 Å². The van der Waals surface area contributed by atoms with Crippen molar-refractivity contribution in [2.45, 2.75) is 25.7 Å². The summed E-state index contributed by atoms with van der Waals surface area (Å²) in [5.41, 5.74) is 0.754. The number of anilines is 1. The number of nitrogens with zero attached hydrogens (tertiary/aromatic N) is 2. The molecule has 2 saturated heterocycles. The van der Waals surface area contributed by atoms with Gasteiger partial charge in [-0.2, -0.15) is 0 Å². The van der Waals surface area contributed by atoms with E-state index < -0.39 is 0 Å². The molecule has 2 aliphatic heterocycles. The number of amides is 2. The lowest BCUT2D eigenvalue weighted by Crippen LogP contribution is -2.40.